The van der Waals surface area contributed by atoms with Gasteiger partial charge in [-0.25, -0.2) is 27.0 Å². The van der Waals surface area contributed by atoms with Gasteiger partial charge in [0.1, 0.15) is 16.4 Å². The number of carbonyl (C=O) groups is 2. The Balaban J connectivity index is 1.25. The first-order chi connectivity index (χ1) is 25.5. The third-order valence-corrected chi connectivity index (χ3v) is 12.3. The normalized spacial score (nSPS) is 21.6. The molecule has 3 fully saturated rings. The van der Waals surface area contributed by atoms with Crippen molar-refractivity contribution < 1.29 is 45.7 Å². The quantitative estimate of drug-likeness (QED) is 0.327. The number of fused-ring (bicyclic) bond motifs is 1. The SMILES string of the molecule is CCOc1ncccc1[C@]1(NC(=O)N2CCC(N3CCN(C4COC4)CC3)CC2)C(=O)N(S(=O)(=O)c2ccc(OC)cc2OC)c2cc(F)c(F)cc21. The third-order valence-electron chi connectivity index (χ3n) is 10.6. The van der Waals surface area contributed by atoms with E-state index in [0.29, 0.717) is 42.3 Å². The summed E-state index contributed by atoms with van der Waals surface area (Å²) in [6.45, 7) is 7.73. The Morgan fingerprint density at radius 2 is 1.62 bits per heavy atom. The number of piperidine rings is 1. The lowest BCUT2D eigenvalue weighted by Gasteiger charge is -2.46. The first kappa shape index (κ1) is 36.8. The van der Waals surface area contributed by atoms with E-state index in [4.69, 9.17) is 18.9 Å². The number of likely N-dealkylation sites (tertiary alicyclic amines) is 1. The summed E-state index contributed by atoms with van der Waals surface area (Å²) in [7, 11) is -2.29. The van der Waals surface area contributed by atoms with Crippen LogP contribution in [0.1, 0.15) is 30.9 Å². The Morgan fingerprint density at radius 1 is 0.943 bits per heavy atom. The molecule has 5 heterocycles. The number of anilines is 1. The van der Waals surface area contributed by atoms with Crippen LogP contribution < -0.4 is 23.8 Å². The van der Waals surface area contributed by atoms with Crippen molar-refractivity contribution in [2.24, 2.45) is 0 Å². The summed E-state index contributed by atoms with van der Waals surface area (Å²) >= 11 is 0. The van der Waals surface area contributed by atoms with Gasteiger partial charge in [0.25, 0.3) is 15.9 Å². The van der Waals surface area contributed by atoms with Crippen LogP contribution in [-0.4, -0.2) is 125 Å². The van der Waals surface area contributed by atoms with Gasteiger partial charge in [0, 0.05) is 69.2 Å². The minimum Gasteiger partial charge on any atom is -0.497 e. The second-order valence-electron chi connectivity index (χ2n) is 13.3. The maximum Gasteiger partial charge on any atom is 0.318 e. The first-order valence-corrected chi connectivity index (χ1v) is 19.0. The van der Waals surface area contributed by atoms with Crippen molar-refractivity contribution in [2.45, 2.75) is 42.3 Å². The minimum atomic E-state index is -4.92. The number of rotatable bonds is 10. The molecule has 7 rings (SSSR count). The number of halogens is 2. The predicted molar refractivity (Wildman–Crippen MR) is 188 cm³/mol. The number of amides is 3. The van der Waals surface area contributed by atoms with Gasteiger partial charge in [-0.3, -0.25) is 14.6 Å². The Morgan fingerprint density at radius 3 is 2.25 bits per heavy atom. The van der Waals surface area contributed by atoms with Gasteiger partial charge in [-0.15, -0.1) is 0 Å². The number of hydrogen-bond donors (Lipinski definition) is 1. The number of piperazine rings is 1. The van der Waals surface area contributed by atoms with Crippen molar-refractivity contribution >= 4 is 27.6 Å². The number of methoxy groups -OCH3 is 2. The highest BCUT2D eigenvalue weighted by Gasteiger charge is 2.60. The average Bonchev–Trinajstić information content (AvgIpc) is 3.38. The number of benzene rings is 2. The lowest BCUT2D eigenvalue weighted by Crippen LogP contribution is -2.61. The second-order valence-corrected chi connectivity index (χ2v) is 15.1. The van der Waals surface area contributed by atoms with Crippen molar-refractivity contribution in [3.8, 4) is 17.4 Å². The molecule has 0 saturated carbocycles. The standard InChI is InChI=1S/C36H42F2N6O8S/c1-4-52-33-26(6-5-11-39-33)36(40-35(46)43-12-9-23(10-13-43)41-14-16-42(17-15-41)24-21-51-22-24)27-19-28(37)29(38)20-30(27)44(34(36)45)53(47,48)32-8-7-25(49-2)18-31(32)50-3/h5-8,11,18-20,23-24H,4,9-10,12-17,21-22H2,1-3H3,(H,40,46)/t36-/m1/s1. The average molecular weight is 757 g/mol. The molecule has 4 aliphatic heterocycles. The lowest BCUT2D eigenvalue weighted by molar-refractivity contribution is -0.121. The maximum absolute atomic E-state index is 15.3. The van der Waals surface area contributed by atoms with Gasteiger partial charge >= 0.3 is 6.03 Å². The number of urea groups is 1. The molecule has 3 aromatic rings. The largest absolute Gasteiger partial charge is 0.497 e. The van der Waals surface area contributed by atoms with Crippen LogP contribution >= 0.6 is 0 Å². The molecule has 0 bridgehead atoms. The number of nitrogens with zero attached hydrogens (tertiary/aromatic N) is 5. The van der Waals surface area contributed by atoms with Crippen LogP contribution in [0.3, 0.4) is 0 Å². The number of sulfonamides is 1. The van der Waals surface area contributed by atoms with Crippen molar-refractivity contribution in [3.05, 3.63) is 71.4 Å². The maximum atomic E-state index is 15.3. The topological polar surface area (TPSA) is 143 Å². The van der Waals surface area contributed by atoms with Gasteiger partial charge in [-0.05, 0) is 50.1 Å². The molecule has 2 aromatic carbocycles. The summed E-state index contributed by atoms with van der Waals surface area (Å²) in [6, 6.07) is 8.16. The highest BCUT2D eigenvalue weighted by atomic mass is 32.2. The highest BCUT2D eigenvalue weighted by molar-refractivity contribution is 7.93. The van der Waals surface area contributed by atoms with Crippen LogP contribution in [0.4, 0.5) is 19.3 Å². The molecule has 3 amide bonds. The second kappa shape index (κ2) is 14.7. The van der Waals surface area contributed by atoms with Gasteiger partial charge in [0.2, 0.25) is 5.88 Å². The van der Waals surface area contributed by atoms with E-state index in [2.05, 4.69) is 20.1 Å². The molecular weight excluding hydrogens is 714 g/mol. The Bertz CT molecular complexity index is 1990. The first-order valence-electron chi connectivity index (χ1n) is 17.6. The molecule has 14 nitrogen and oxygen atoms in total. The van der Waals surface area contributed by atoms with Crippen molar-refractivity contribution in [2.75, 3.05) is 77.6 Å². The number of pyridine rings is 1. The van der Waals surface area contributed by atoms with Crippen LogP contribution in [0.25, 0.3) is 0 Å². The van der Waals surface area contributed by atoms with Crippen LogP contribution in [0.15, 0.2) is 53.6 Å². The van der Waals surface area contributed by atoms with Crippen LogP contribution in [0, 0.1) is 11.6 Å². The molecule has 0 spiro atoms. The number of ether oxygens (including phenoxy) is 4. The molecule has 1 N–H and O–H groups in total. The summed E-state index contributed by atoms with van der Waals surface area (Å²) in [6.07, 6.45) is 2.75. The van der Waals surface area contributed by atoms with Gasteiger partial charge < -0.3 is 29.2 Å². The van der Waals surface area contributed by atoms with Gasteiger partial charge in [-0.2, -0.15) is 4.31 Å². The highest BCUT2D eigenvalue weighted by Crippen LogP contribution is 2.50. The molecule has 284 valence electrons. The van der Waals surface area contributed by atoms with Gasteiger partial charge in [0.15, 0.2) is 17.2 Å². The van der Waals surface area contributed by atoms with E-state index in [-0.39, 0.29) is 41.2 Å². The van der Waals surface area contributed by atoms with E-state index < -0.39 is 49.7 Å². The molecule has 0 aliphatic carbocycles. The molecule has 3 saturated heterocycles. The molecule has 17 heteroatoms. The van der Waals surface area contributed by atoms with E-state index in [1.54, 1.807) is 11.8 Å². The monoisotopic (exact) mass is 756 g/mol. The number of carbonyl (C=O) groups excluding carboxylic acids is 2. The molecule has 0 unspecified atom stereocenters. The van der Waals surface area contributed by atoms with E-state index >= 15 is 13.6 Å². The third kappa shape index (κ3) is 6.42. The zero-order valence-electron chi connectivity index (χ0n) is 29.7. The number of nitrogens with one attached hydrogen (secondary N) is 1. The fourth-order valence-corrected chi connectivity index (χ4v) is 9.26. The van der Waals surface area contributed by atoms with E-state index in [1.165, 1.54) is 50.7 Å². The lowest BCUT2D eigenvalue weighted by atomic mass is 9.84. The zero-order chi connectivity index (χ0) is 37.5. The van der Waals surface area contributed by atoms with Crippen LogP contribution in [0.5, 0.6) is 17.4 Å². The summed E-state index contributed by atoms with van der Waals surface area (Å²) < 4.78 is 81.6. The Kier molecular flexibility index (Phi) is 10.2. The fraction of sp³-hybridized carbons (Fsp3) is 0.472. The van der Waals surface area contributed by atoms with Crippen LogP contribution in [0.2, 0.25) is 0 Å². The molecule has 53 heavy (non-hydrogen) atoms. The summed E-state index contributed by atoms with van der Waals surface area (Å²) in [5, 5.41) is 2.79. The summed E-state index contributed by atoms with van der Waals surface area (Å²) in [5.74, 6) is -3.98. The summed E-state index contributed by atoms with van der Waals surface area (Å²) in [4.78, 5) is 39.7. The van der Waals surface area contributed by atoms with E-state index in [0.717, 1.165) is 45.5 Å². The van der Waals surface area contributed by atoms with Gasteiger partial charge in [0.05, 0.1) is 51.3 Å². The number of aromatic nitrogens is 1. The van der Waals surface area contributed by atoms with E-state index in [9.17, 15) is 13.2 Å². The summed E-state index contributed by atoms with van der Waals surface area (Å²) in [5.41, 5.74) is -3.28. The van der Waals surface area contributed by atoms with Gasteiger partial charge in [-0.1, -0.05) is 0 Å². The molecule has 0 radical (unpaired) electrons. The van der Waals surface area contributed by atoms with E-state index in [1.807, 2.05) is 0 Å². The number of hydrogen-bond acceptors (Lipinski definition) is 11. The van der Waals surface area contributed by atoms with Crippen molar-refractivity contribution in [1.82, 2.24) is 25.0 Å². The zero-order valence-corrected chi connectivity index (χ0v) is 30.5. The predicted octanol–water partition coefficient (Wildman–Crippen LogP) is 2.95. The molecule has 4 aliphatic rings. The Hall–Kier alpha value is -4.58. The van der Waals surface area contributed by atoms with Crippen molar-refractivity contribution in [1.29, 1.82) is 0 Å². The smallest absolute Gasteiger partial charge is 0.318 e. The van der Waals surface area contributed by atoms with Crippen LogP contribution in [-0.2, 0) is 25.1 Å². The van der Waals surface area contributed by atoms with Crippen molar-refractivity contribution in [3.63, 3.8) is 0 Å². The molecule has 1 aromatic heterocycles. The Labute approximate surface area is 306 Å². The molecular formula is C36H42F2N6O8S. The molecule has 1 atom stereocenters. The minimum absolute atomic E-state index is 0.0588. The fourth-order valence-electron chi connectivity index (χ4n) is 7.66.